The molecule has 1 N–H and O–H groups in total. The Hall–Kier alpha value is -3.02. The smallest absolute Gasteiger partial charge is 0.261 e. The molecule has 0 fully saturated rings. The van der Waals surface area contributed by atoms with Crippen LogP contribution in [-0.2, 0) is 21.5 Å². The quantitative estimate of drug-likeness (QED) is 0.499. The molecular weight excluding hydrogens is 428 g/mol. The van der Waals surface area contributed by atoms with Gasteiger partial charge in [-0.3, -0.25) is 9.59 Å². The van der Waals surface area contributed by atoms with E-state index in [0.717, 1.165) is 23.3 Å². The molecule has 2 amide bonds. The molecule has 0 bridgehead atoms. The first kappa shape index (κ1) is 27.2. The summed E-state index contributed by atoms with van der Waals surface area (Å²) in [5, 5.41) is 3.03. The number of ether oxygens (including phenoxy) is 2. The van der Waals surface area contributed by atoms with Crippen molar-refractivity contribution < 1.29 is 19.1 Å². The van der Waals surface area contributed by atoms with Gasteiger partial charge in [0.15, 0.2) is 6.61 Å². The van der Waals surface area contributed by atoms with Crippen molar-refractivity contribution in [1.29, 1.82) is 0 Å². The lowest BCUT2D eigenvalue weighted by Crippen LogP contribution is -2.51. The standard InChI is InChI=1S/C28H40N2O4/c1-8-20(3)29-27(32)24(9-2)30(18-21-14-16-22(33-7)17-15-21)26(31)19-34-25-13-11-10-12-23(25)28(4,5)6/h10-17,20,24H,8-9,18-19H2,1-7H3,(H,29,32)/t20-,24+/m1/s1. The lowest BCUT2D eigenvalue weighted by atomic mass is 9.86. The van der Waals surface area contributed by atoms with Gasteiger partial charge in [-0.1, -0.05) is 65.0 Å². The van der Waals surface area contributed by atoms with E-state index in [-0.39, 0.29) is 29.9 Å². The Morgan fingerprint density at radius 2 is 1.65 bits per heavy atom. The molecule has 0 aromatic heterocycles. The Kier molecular flexibility index (Phi) is 9.97. The predicted octanol–water partition coefficient (Wildman–Crippen LogP) is 5.09. The maximum absolute atomic E-state index is 13.5. The number of carbonyl (C=O) groups excluding carboxylic acids is 2. The molecular formula is C28H40N2O4. The van der Waals surface area contributed by atoms with Gasteiger partial charge in [0.05, 0.1) is 7.11 Å². The van der Waals surface area contributed by atoms with Crippen LogP contribution in [0.2, 0.25) is 0 Å². The van der Waals surface area contributed by atoms with E-state index >= 15 is 0 Å². The summed E-state index contributed by atoms with van der Waals surface area (Å²) in [6, 6.07) is 14.7. The van der Waals surface area contributed by atoms with Crippen LogP contribution in [0.1, 0.15) is 65.5 Å². The number of carbonyl (C=O) groups is 2. The second kappa shape index (κ2) is 12.4. The van der Waals surface area contributed by atoms with Crippen molar-refractivity contribution >= 4 is 11.8 Å². The summed E-state index contributed by atoms with van der Waals surface area (Å²) in [6.07, 6.45) is 1.32. The van der Waals surface area contributed by atoms with Crippen molar-refractivity contribution in [3.63, 3.8) is 0 Å². The number of nitrogens with one attached hydrogen (secondary N) is 1. The molecule has 2 aromatic rings. The number of benzene rings is 2. The van der Waals surface area contributed by atoms with E-state index in [1.165, 1.54) is 0 Å². The molecule has 6 nitrogen and oxygen atoms in total. The lowest BCUT2D eigenvalue weighted by Gasteiger charge is -2.31. The largest absolute Gasteiger partial charge is 0.497 e. The molecule has 186 valence electrons. The van der Waals surface area contributed by atoms with Crippen molar-refractivity contribution in [2.24, 2.45) is 0 Å². The van der Waals surface area contributed by atoms with Crippen molar-refractivity contribution in [2.45, 2.75) is 78.4 Å². The molecule has 34 heavy (non-hydrogen) atoms. The van der Waals surface area contributed by atoms with Crippen LogP contribution >= 0.6 is 0 Å². The summed E-state index contributed by atoms with van der Waals surface area (Å²) in [5.41, 5.74) is 1.83. The van der Waals surface area contributed by atoms with E-state index < -0.39 is 6.04 Å². The molecule has 2 atom stereocenters. The fourth-order valence-corrected chi connectivity index (χ4v) is 3.72. The fourth-order valence-electron chi connectivity index (χ4n) is 3.72. The van der Waals surface area contributed by atoms with Crippen molar-refractivity contribution in [3.05, 3.63) is 59.7 Å². The molecule has 0 heterocycles. The van der Waals surface area contributed by atoms with Crippen LogP contribution in [0.3, 0.4) is 0 Å². The summed E-state index contributed by atoms with van der Waals surface area (Å²) in [4.78, 5) is 28.2. The molecule has 0 unspecified atom stereocenters. The molecule has 0 aliphatic rings. The SMILES string of the molecule is CC[C@@H](C)NC(=O)[C@H](CC)N(Cc1ccc(OC)cc1)C(=O)COc1ccccc1C(C)(C)C. The molecule has 0 aliphatic carbocycles. The number of methoxy groups -OCH3 is 1. The number of amides is 2. The second-order valence-electron chi connectivity index (χ2n) is 9.65. The molecule has 2 rings (SSSR count). The Morgan fingerprint density at radius 1 is 1.00 bits per heavy atom. The number of nitrogens with zero attached hydrogens (tertiary/aromatic N) is 1. The highest BCUT2D eigenvalue weighted by molar-refractivity contribution is 5.88. The monoisotopic (exact) mass is 468 g/mol. The third-order valence-corrected chi connectivity index (χ3v) is 5.95. The van der Waals surface area contributed by atoms with E-state index in [9.17, 15) is 9.59 Å². The molecule has 0 radical (unpaired) electrons. The van der Waals surface area contributed by atoms with Gasteiger partial charge < -0.3 is 19.7 Å². The minimum atomic E-state index is -0.593. The highest BCUT2D eigenvalue weighted by Crippen LogP contribution is 2.31. The van der Waals surface area contributed by atoms with Gasteiger partial charge in [0, 0.05) is 12.6 Å². The van der Waals surface area contributed by atoms with Crippen LogP contribution in [0.15, 0.2) is 48.5 Å². The minimum absolute atomic E-state index is 0.0365. The van der Waals surface area contributed by atoms with E-state index in [0.29, 0.717) is 18.7 Å². The normalized spacial score (nSPS) is 13.0. The molecule has 0 saturated carbocycles. The minimum Gasteiger partial charge on any atom is -0.497 e. The van der Waals surface area contributed by atoms with E-state index in [2.05, 4.69) is 26.1 Å². The van der Waals surface area contributed by atoms with Crippen molar-refractivity contribution in [3.8, 4) is 11.5 Å². The van der Waals surface area contributed by atoms with Crippen LogP contribution in [0.25, 0.3) is 0 Å². The molecule has 6 heteroatoms. The third kappa shape index (κ3) is 7.51. The Morgan fingerprint density at radius 3 is 2.21 bits per heavy atom. The number of para-hydroxylation sites is 1. The van der Waals surface area contributed by atoms with Gasteiger partial charge in [0.1, 0.15) is 17.5 Å². The van der Waals surface area contributed by atoms with Crippen LogP contribution in [0.4, 0.5) is 0 Å². The molecule has 2 aromatic carbocycles. The van der Waals surface area contributed by atoms with Gasteiger partial charge in [-0.15, -0.1) is 0 Å². The Bertz CT molecular complexity index is 934. The number of hydrogen-bond acceptors (Lipinski definition) is 4. The average molecular weight is 469 g/mol. The molecule has 0 aliphatic heterocycles. The average Bonchev–Trinajstić information content (AvgIpc) is 2.82. The van der Waals surface area contributed by atoms with Crippen LogP contribution < -0.4 is 14.8 Å². The van der Waals surface area contributed by atoms with Gasteiger partial charge in [-0.2, -0.15) is 0 Å². The van der Waals surface area contributed by atoms with Crippen LogP contribution in [0, 0.1) is 0 Å². The van der Waals surface area contributed by atoms with Gasteiger partial charge in [-0.25, -0.2) is 0 Å². The molecule has 0 spiro atoms. The summed E-state index contributed by atoms with van der Waals surface area (Å²) in [5.74, 6) is 1.05. The van der Waals surface area contributed by atoms with Crippen molar-refractivity contribution in [1.82, 2.24) is 10.2 Å². The summed E-state index contributed by atoms with van der Waals surface area (Å²) in [6.45, 7) is 12.4. The summed E-state index contributed by atoms with van der Waals surface area (Å²) >= 11 is 0. The first-order chi connectivity index (χ1) is 16.1. The number of rotatable bonds is 11. The summed E-state index contributed by atoms with van der Waals surface area (Å²) in [7, 11) is 1.62. The zero-order valence-electron chi connectivity index (χ0n) is 21.7. The highest BCUT2D eigenvalue weighted by atomic mass is 16.5. The van der Waals surface area contributed by atoms with Gasteiger partial charge >= 0.3 is 0 Å². The lowest BCUT2D eigenvalue weighted by molar-refractivity contribution is -0.143. The van der Waals surface area contributed by atoms with Crippen molar-refractivity contribution in [2.75, 3.05) is 13.7 Å². The van der Waals surface area contributed by atoms with Crippen LogP contribution in [0.5, 0.6) is 11.5 Å². The van der Waals surface area contributed by atoms with E-state index in [4.69, 9.17) is 9.47 Å². The maximum atomic E-state index is 13.5. The Balaban J connectivity index is 2.28. The predicted molar refractivity (Wildman–Crippen MR) is 136 cm³/mol. The van der Waals surface area contributed by atoms with E-state index in [1.807, 2.05) is 69.3 Å². The maximum Gasteiger partial charge on any atom is 0.261 e. The van der Waals surface area contributed by atoms with Crippen LogP contribution in [-0.4, -0.2) is 42.5 Å². The van der Waals surface area contributed by atoms with Gasteiger partial charge in [-0.05, 0) is 54.5 Å². The topological polar surface area (TPSA) is 67.9 Å². The highest BCUT2D eigenvalue weighted by Gasteiger charge is 2.30. The number of hydrogen-bond donors (Lipinski definition) is 1. The Labute approximate surface area is 204 Å². The zero-order chi connectivity index (χ0) is 25.3. The van der Waals surface area contributed by atoms with Gasteiger partial charge in [0.2, 0.25) is 5.91 Å². The first-order valence-electron chi connectivity index (χ1n) is 12.1. The van der Waals surface area contributed by atoms with Gasteiger partial charge in [0.25, 0.3) is 5.91 Å². The zero-order valence-corrected chi connectivity index (χ0v) is 21.7. The van der Waals surface area contributed by atoms with E-state index in [1.54, 1.807) is 12.0 Å². The second-order valence-corrected chi connectivity index (χ2v) is 9.65. The summed E-state index contributed by atoms with van der Waals surface area (Å²) < 4.78 is 11.3. The first-order valence-corrected chi connectivity index (χ1v) is 12.1. The third-order valence-electron chi connectivity index (χ3n) is 5.95. The molecule has 0 saturated heterocycles. The fraction of sp³-hybridized carbons (Fsp3) is 0.500.